The van der Waals surface area contributed by atoms with Crippen LogP contribution in [-0.4, -0.2) is 35.3 Å². The summed E-state index contributed by atoms with van der Waals surface area (Å²) in [4.78, 5) is 0. The van der Waals surface area contributed by atoms with E-state index in [0.29, 0.717) is 10.2 Å². The van der Waals surface area contributed by atoms with E-state index in [9.17, 15) is 8.42 Å². The number of rotatable bonds is 16. The van der Waals surface area contributed by atoms with Crippen molar-refractivity contribution in [3.05, 3.63) is 24.3 Å². The molecule has 1 aromatic carbocycles. The zero-order valence-electron chi connectivity index (χ0n) is 18.7. The van der Waals surface area contributed by atoms with Crippen LogP contribution >= 0.6 is 0 Å². The van der Waals surface area contributed by atoms with Crippen molar-refractivity contribution >= 4 is 21.4 Å². The molecule has 1 aromatic rings. The van der Waals surface area contributed by atoms with Crippen molar-refractivity contribution in [3.63, 3.8) is 0 Å². The molecule has 162 valence electrons. The first kappa shape index (κ1) is 25.0. The predicted octanol–water partition coefficient (Wildman–Crippen LogP) is 6.33. The summed E-state index contributed by atoms with van der Waals surface area (Å²) >= 11 is 0. The van der Waals surface area contributed by atoms with Gasteiger partial charge in [0.05, 0.1) is 26.9 Å². The highest BCUT2D eigenvalue weighted by molar-refractivity contribution is 7.92. The molecule has 0 saturated carbocycles. The fourth-order valence-corrected chi connectivity index (χ4v) is 4.52. The van der Waals surface area contributed by atoms with Gasteiger partial charge in [-0.3, -0.25) is 9.21 Å². The first-order valence-electron chi connectivity index (χ1n) is 11.2. The average molecular weight is 412 g/mol. The van der Waals surface area contributed by atoms with Crippen molar-refractivity contribution in [2.45, 2.75) is 84.0 Å². The molecule has 1 N–H and O–H groups in total. The highest BCUT2D eigenvalue weighted by Crippen LogP contribution is 2.20. The third-order valence-corrected chi connectivity index (χ3v) is 6.55. The number of anilines is 1. The van der Waals surface area contributed by atoms with Crippen molar-refractivity contribution in [2.75, 3.05) is 31.6 Å². The van der Waals surface area contributed by atoms with Gasteiger partial charge in [0.15, 0.2) is 0 Å². The van der Waals surface area contributed by atoms with Crippen molar-refractivity contribution in [2.24, 2.45) is 0 Å². The molecule has 0 aliphatic heterocycles. The van der Waals surface area contributed by atoms with E-state index in [1.54, 1.807) is 0 Å². The predicted molar refractivity (Wildman–Crippen MR) is 124 cm³/mol. The smallest absolute Gasteiger partial charge is 0.232 e. The summed E-state index contributed by atoms with van der Waals surface area (Å²) in [5, 5.41) is 0. The molecule has 0 amide bonds. The molecule has 4 nitrogen and oxygen atoms in total. The summed E-state index contributed by atoms with van der Waals surface area (Å²) in [6.07, 6.45) is 14.9. The summed E-state index contributed by atoms with van der Waals surface area (Å²) in [7, 11) is 3.02. The monoisotopic (exact) mass is 411 g/mol. The molecule has 0 atom stereocenters. The largest absolute Gasteiger partial charge is 0.298 e. The minimum absolute atomic E-state index is 0.210. The Morgan fingerprint density at radius 3 is 1.57 bits per heavy atom. The Kier molecular flexibility index (Phi) is 11.8. The zero-order valence-corrected chi connectivity index (χ0v) is 19.5. The van der Waals surface area contributed by atoms with Gasteiger partial charge in [0.25, 0.3) is 0 Å². The highest BCUT2D eigenvalue weighted by atomic mass is 32.2. The zero-order chi connectivity index (χ0) is 20.9. The first-order valence-corrected chi connectivity index (χ1v) is 12.8. The Balaban J connectivity index is 2.11. The standard InChI is InChI=1S/C23H43N2O2S/c1-5-6-7-8-9-10-11-12-13-14-15-16-21-28(26,27)24-22-17-19-23(20-18-22)25(2,3)4/h17-20,24H,5-16,21H2,1-4H3/q+1. The number of hydrogen-bond donors (Lipinski definition) is 1. The third kappa shape index (κ3) is 11.7. The molecular weight excluding hydrogens is 368 g/mol. The Morgan fingerprint density at radius 1 is 0.714 bits per heavy atom. The van der Waals surface area contributed by atoms with Crippen LogP contribution in [0.25, 0.3) is 0 Å². The Hall–Kier alpha value is -1.07. The lowest BCUT2D eigenvalue weighted by molar-refractivity contribution is 0.486. The number of sulfonamides is 1. The minimum atomic E-state index is -3.25. The van der Waals surface area contributed by atoms with Crippen LogP contribution in [0.1, 0.15) is 84.0 Å². The van der Waals surface area contributed by atoms with Gasteiger partial charge in [-0.05, 0) is 18.6 Å². The molecule has 0 aliphatic carbocycles. The van der Waals surface area contributed by atoms with Gasteiger partial charge in [0.1, 0.15) is 5.69 Å². The van der Waals surface area contributed by atoms with Crippen LogP contribution in [0.2, 0.25) is 0 Å². The summed E-state index contributed by atoms with van der Waals surface area (Å²) in [5.41, 5.74) is 1.79. The van der Waals surface area contributed by atoms with E-state index in [2.05, 4.69) is 32.8 Å². The maximum absolute atomic E-state index is 12.2. The van der Waals surface area contributed by atoms with Gasteiger partial charge < -0.3 is 0 Å². The van der Waals surface area contributed by atoms with Crippen LogP contribution in [-0.2, 0) is 10.0 Å². The van der Waals surface area contributed by atoms with E-state index >= 15 is 0 Å². The number of nitrogens with zero attached hydrogens (tertiary/aromatic N) is 1. The molecule has 5 heteroatoms. The molecule has 0 heterocycles. The Bertz CT molecular complexity index is 619. The molecule has 0 aliphatic rings. The van der Waals surface area contributed by atoms with E-state index in [0.717, 1.165) is 24.9 Å². The first-order chi connectivity index (χ1) is 13.2. The molecule has 0 unspecified atom stereocenters. The van der Waals surface area contributed by atoms with Crippen LogP contribution in [0.4, 0.5) is 11.4 Å². The quantitative estimate of drug-likeness (QED) is 0.255. The summed E-state index contributed by atoms with van der Waals surface area (Å²) < 4.78 is 27.9. The van der Waals surface area contributed by atoms with Gasteiger partial charge in [-0.15, -0.1) is 0 Å². The van der Waals surface area contributed by atoms with Crippen LogP contribution in [0.3, 0.4) is 0 Å². The number of unbranched alkanes of at least 4 members (excludes halogenated alkanes) is 11. The Morgan fingerprint density at radius 2 is 1.14 bits per heavy atom. The summed E-state index contributed by atoms with van der Waals surface area (Å²) in [5.74, 6) is 0.210. The second kappa shape index (κ2) is 13.2. The number of quaternary nitrogens is 1. The van der Waals surface area contributed by atoms with E-state index < -0.39 is 10.0 Å². The van der Waals surface area contributed by atoms with Gasteiger partial charge in [-0.25, -0.2) is 8.42 Å². The van der Waals surface area contributed by atoms with E-state index in [1.807, 2.05) is 24.3 Å². The van der Waals surface area contributed by atoms with Crippen molar-refractivity contribution in [1.29, 1.82) is 0 Å². The van der Waals surface area contributed by atoms with Gasteiger partial charge >= 0.3 is 0 Å². The van der Waals surface area contributed by atoms with Crippen LogP contribution in [0.15, 0.2) is 24.3 Å². The molecule has 28 heavy (non-hydrogen) atoms. The molecule has 0 fully saturated rings. The average Bonchev–Trinajstić information content (AvgIpc) is 2.62. The lowest BCUT2D eigenvalue weighted by Crippen LogP contribution is -2.34. The van der Waals surface area contributed by atoms with E-state index in [1.165, 1.54) is 57.8 Å². The van der Waals surface area contributed by atoms with Crippen LogP contribution in [0.5, 0.6) is 0 Å². The number of hydrogen-bond acceptors (Lipinski definition) is 2. The van der Waals surface area contributed by atoms with Crippen molar-refractivity contribution in [3.8, 4) is 0 Å². The maximum Gasteiger partial charge on any atom is 0.232 e. The van der Waals surface area contributed by atoms with Gasteiger partial charge in [-0.1, -0.05) is 77.6 Å². The van der Waals surface area contributed by atoms with Crippen molar-refractivity contribution < 1.29 is 8.42 Å². The maximum atomic E-state index is 12.2. The van der Waals surface area contributed by atoms with E-state index in [-0.39, 0.29) is 5.75 Å². The van der Waals surface area contributed by atoms with Gasteiger partial charge in [-0.2, -0.15) is 0 Å². The number of nitrogens with one attached hydrogen (secondary N) is 1. The summed E-state index contributed by atoms with van der Waals surface area (Å²) in [6.45, 7) is 2.25. The number of benzene rings is 1. The second-order valence-corrected chi connectivity index (χ2v) is 10.7. The molecule has 1 rings (SSSR count). The lowest BCUT2D eigenvalue weighted by Gasteiger charge is -2.23. The molecular formula is C23H43N2O2S+. The third-order valence-electron chi connectivity index (χ3n) is 5.18. The highest BCUT2D eigenvalue weighted by Gasteiger charge is 2.13. The molecule has 0 spiro atoms. The fourth-order valence-electron chi connectivity index (χ4n) is 3.34. The Labute approximate surface area is 174 Å². The topological polar surface area (TPSA) is 46.2 Å². The lowest BCUT2D eigenvalue weighted by atomic mass is 10.1. The SMILES string of the molecule is CCCCCCCCCCCCCCS(=O)(=O)Nc1ccc([N+](C)(C)C)cc1. The van der Waals surface area contributed by atoms with Crippen LogP contribution in [0, 0.1) is 0 Å². The van der Waals surface area contributed by atoms with E-state index in [4.69, 9.17) is 0 Å². The minimum Gasteiger partial charge on any atom is -0.298 e. The molecule has 0 saturated heterocycles. The van der Waals surface area contributed by atoms with Gasteiger partial charge in [0.2, 0.25) is 10.0 Å². The van der Waals surface area contributed by atoms with Crippen molar-refractivity contribution in [1.82, 2.24) is 4.48 Å². The summed E-state index contributed by atoms with van der Waals surface area (Å²) in [6, 6.07) is 7.64. The molecule has 0 aromatic heterocycles. The molecule has 0 radical (unpaired) electrons. The van der Waals surface area contributed by atoms with Crippen LogP contribution < -0.4 is 9.21 Å². The molecule has 0 bridgehead atoms. The van der Waals surface area contributed by atoms with Gasteiger partial charge in [0, 0.05) is 17.8 Å². The normalized spacial score (nSPS) is 12.3. The fraction of sp³-hybridized carbons (Fsp3) is 0.739. The second-order valence-electron chi connectivity index (χ2n) is 8.87.